The molecule has 0 aromatic carbocycles. The number of hydrogen-bond donors (Lipinski definition) is 0. The third-order valence-electron chi connectivity index (χ3n) is 2.27. The first-order valence-corrected chi connectivity index (χ1v) is 4.67. The first-order valence-electron chi connectivity index (χ1n) is 4.67. The molecular weight excluding hydrogens is 164 g/mol. The van der Waals surface area contributed by atoms with Crippen molar-refractivity contribution in [1.29, 1.82) is 5.26 Å². The first kappa shape index (κ1) is 12.1. The van der Waals surface area contributed by atoms with E-state index in [0.717, 1.165) is 6.54 Å². The molecule has 2 atom stereocenters. The molecule has 3 nitrogen and oxygen atoms in total. The first-order chi connectivity index (χ1) is 6.02. The summed E-state index contributed by atoms with van der Waals surface area (Å²) in [6, 6.07) is 2.10. The minimum atomic E-state index is -0.0687. The molecule has 2 unspecified atom stereocenters. The molecule has 74 valence electrons. The fraction of sp³-hybridized carbons (Fsp3) is 0.800. The monoisotopic (exact) mass is 182 g/mol. The van der Waals surface area contributed by atoms with Crippen LogP contribution in [0.5, 0.6) is 0 Å². The van der Waals surface area contributed by atoms with E-state index in [9.17, 15) is 4.79 Å². The van der Waals surface area contributed by atoms with Crippen molar-refractivity contribution >= 4 is 5.78 Å². The highest BCUT2D eigenvalue weighted by Crippen LogP contribution is 2.04. The molecule has 0 aliphatic heterocycles. The summed E-state index contributed by atoms with van der Waals surface area (Å²) in [6.07, 6.45) is 0. The standard InChI is InChI=1S/C10H18N2O/c1-5-12(7-8(2)6-11)9(3)10(4)13/h8-9H,5,7H2,1-4H3. The molecule has 0 aliphatic carbocycles. The molecule has 0 radical (unpaired) electrons. The second-order valence-corrected chi connectivity index (χ2v) is 3.40. The van der Waals surface area contributed by atoms with E-state index >= 15 is 0 Å². The van der Waals surface area contributed by atoms with Crippen molar-refractivity contribution in [1.82, 2.24) is 4.90 Å². The Bertz CT molecular complexity index is 207. The normalized spacial score (nSPS) is 15.1. The van der Waals surface area contributed by atoms with Gasteiger partial charge in [0, 0.05) is 6.54 Å². The van der Waals surface area contributed by atoms with Gasteiger partial charge in [0.25, 0.3) is 0 Å². The Labute approximate surface area is 80.3 Å². The van der Waals surface area contributed by atoms with E-state index in [2.05, 4.69) is 6.07 Å². The van der Waals surface area contributed by atoms with Crippen LogP contribution in [-0.4, -0.2) is 29.8 Å². The number of nitriles is 1. The summed E-state index contributed by atoms with van der Waals surface area (Å²) in [7, 11) is 0. The van der Waals surface area contributed by atoms with E-state index in [4.69, 9.17) is 5.26 Å². The van der Waals surface area contributed by atoms with Crippen molar-refractivity contribution in [2.45, 2.75) is 33.7 Å². The highest BCUT2D eigenvalue weighted by atomic mass is 16.1. The van der Waals surface area contributed by atoms with E-state index in [1.165, 1.54) is 0 Å². The van der Waals surface area contributed by atoms with Crippen molar-refractivity contribution in [3.8, 4) is 6.07 Å². The van der Waals surface area contributed by atoms with Gasteiger partial charge in [0.2, 0.25) is 0 Å². The lowest BCUT2D eigenvalue weighted by Crippen LogP contribution is -2.40. The number of ketones is 1. The van der Waals surface area contributed by atoms with Crippen molar-refractivity contribution in [2.75, 3.05) is 13.1 Å². The lowest BCUT2D eigenvalue weighted by Gasteiger charge is -2.26. The van der Waals surface area contributed by atoms with E-state index in [-0.39, 0.29) is 17.7 Å². The van der Waals surface area contributed by atoms with Crippen LogP contribution in [0.3, 0.4) is 0 Å². The fourth-order valence-electron chi connectivity index (χ4n) is 1.21. The third-order valence-corrected chi connectivity index (χ3v) is 2.27. The molecule has 3 heteroatoms. The van der Waals surface area contributed by atoms with Crippen LogP contribution in [0.4, 0.5) is 0 Å². The molecule has 0 amide bonds. The Hall–Kier alpha value is -0.880. The average molecular weight is 182 g/mol. The van der Waals surface area contributed by atoms with Gasteiger partial charge in [-0.3, -0.25) is 9.69 Å². The molecule has 0 aromatic rings. The summed E-state index contributed by atoms with van der Waals surface area (Å²) in [5, 5.41) is 8.64. The van der Waals surface area contributed by atoms with Crippen LogP contribution >= 0.6 is 0 Å². The Morgan fingerprint density at radius 2 is 2.08 bits per heavy atom. The summed E-state index contributed by atoms with van der Waals surface area (Å²) < 4.78 is 0. The Morgan fingerprint density at radius 3 is 2.38 bits per heavy atom. The van der Waals surface area contributed by atoms with Gasteiger partial charge in [-0.2, -0.15) is 5.26 Å². The summed E-state index contributed by atoms with van der Waals surface area (Å²) in [5.41, 5.74) is 0. The van der Waals surface area contributed by atoms with Crippen LogP contribution in [0.1, 0.15) is 27.7 Å². The number of hydrogen-bond acceptors (Lipinski definition) is 3. The van der Waals surface area contributed by atoms with Crippen LogP contribution in [0.2, 0.25) is 0 Å². The molecule has 13 heavy (non-hydrogen) atoms. The minimum absolute atomic E-state index is 0.0123. The minimum Gasteiger partial charge on any atom is -0.298 e. The van der Waals surface area contributed by atoms with Gasteiger partial charge in [-0.25, -0.2) is 0 Å². The molecule has 0 N–H and O–H groups in total. The van der Waals surface area contributed by atoms with Gasteiger partial charge >= 0.3 is 0 Å². The van der Waals surface area contributed by atoms with E-state index in [1.807, 2.05) is 25.7 Å². The molecule has 0 aromatic heterocycles. The molecule has 0 fully saturated rings. The molecule has 0 rings (SSSR count). The molecule has 0 saturated carbocycles. The van der Waals surface area contributed by atoms with Crippen LogP contribution in [0.15, 0.2) is 0 Å². The number of nitrogens with zero attached hydrogens (tertiary/aromatic N) is 2. The zero-order valence-corrected chi connectivity index (χ0v) is 8.87. The quantitative estimate of drug-likeness (QED) is 0.646. The second kappa shape index (κ2) is 5.71. The van der Waals surface area contributed by atoms with Gasteiger partial charge < -0.3 is 0 Å². The van der Waals surface area contributed by atoms with Gasteiger partial charge in [0.05, 0.1) is 18.0 Å². The molecule has 0 saturated heterocycles. The van der Waals surface area contributed by atoms with Crippen LogP contribution in [-0.2, 0) is 4.79 Å². The van der Waals surface area contributed by atoms with Gasteiger partial charge in [-0.05, 0) is 27.3 Å². The van der Waals surface area contributed by atoms with Gasteiger partial charge in [0.15, 0.2) is 0 Å². The zero-order valence-electron chi connectivity index (χ0n) is 8.87. The average Bonchev–Trinajstić information content (AvgIpc) is 2.12. The lowest BCUT2D eigenvalue weighted by atomic mass is 10.1. The second-order valence-electron chi connectivity index (χ2n) is 3.40. The smallest absolute Gasteiger partial charge is 0.146 e. The predicted octanol–water partition coefficient (Wildman–Crippen LogP) is 1.45. The maximum atomic E-state index is 11.1. The molecule has 0 bridgehead atoms. The number of carbonyl (C=O) groups excluding carboxylic acids is 1. The van der Waals surface area contributed by atoms with Crippen LogP contribution in [0.25, 0.3) is 0 Å². The largest absolute Gasteiger partial charge is 0.298 e. The molecule has 0 spiro atoms. The van der Waals surface area contributed by atoms with Crippen molar-refractivity contribution in [3.05, 3.63) is 0 Å². The Morgan fingerprint density at radius 1 is 1.54 bits per heavy atom. The number of Topliss-reactive ketones (excluding diaryl/α,β-unsaturated/α-hetero) is 1. The molecule has 0 aliphatic rings. The summed E-state index contributed by atoms with van der Waals surface area (Å²) in [5.74, 6) is 0.147. The maximum Gasteiger partial charge on any atom is 0.146 e. The van der Waals surface area contributed by atoms with Gasteiger partial charge in [0.1, 0.15) is 5.78 Å². The Kier molecular flexibility index (Phi) is 5.33. The molecule has 0 heterocycles. The maximum absolute atomic E-state index is 11.1. The summed E-state index contributed by atoms with van der Waals surface area (Å²) in [4.78, 5) is 13.1. The van der Waals surface area contributed by atoms with Crippen LogP contribution in [0, 0.1) is 17.2 Å². The predicted molar refractivity (Wildman–Crippen MR) is 52.2 cm³/mol. The van der Waals surface area contributed by atoms with Crippen molar-refractivity contribution in [3.63, 3.8) is 0 Å². The fourth-order valence-corrected chi connectivity index (χ4v) is 1.21. The topological polar surface area (TPSA) is 44.1 Å². The number of carbonyl (C=O) groups is 1. The zero-order chi connectivity index (χ0) is 10.4. The number of likely N-dealkylation sites (N-methyl/N-ethyl adjacent to an activating group) is 1. The van der Waals surface area contributed by atoms with E-state index in [0.29, 0.717) is 6.54 Å². The van der Waals surface area contributed by atoms with Gasteiger partial charge in [-0.15, -0.1) is 0 Å². The highest BCUT2D eigenvalue weighted by molar-refractivity contribution is 5.80. The Balaban J connectivity index is 4.19. The highest BCUT2D eigenvalue weighted by Gasteiger charge is 2.17. The third kappa shape index (κ3) is 4.05. The van der Waals surface area contributed by atoms with E-state index in [1.54, 1.807) is 6.92 Å². The van der Waals surface area contributed by atoms with E-state index < -0.39 is 0 Å². The van der Waals surface area contributed by atoms with Crippen LogP contribution < -0.4 is 0 Å². The summed E-state index contributed by atoms with van der Waals surface area (Å²) >= 11 is 0. The summed E-state index contributed by atoms with van der Waals surface area (Å²) in [6.45, 7) is 8.83. The van der Waals surface area contributed by atoms with Crippen molar-refractivity contribution in [2.24, 2.45) is 5.92 Å². The lowest BCUT2D eigenvalue weighted by molar-refractivity contribution is -0.121. The number of rotatable bonds is 5. The van der Waals surface area contributed by atoms with Gasteiger partial charge in [-0.1, -0.05) is 6.92 Å². The molecular formula is C10H18N2O. The SMILES string of the molecule is CCN(CC(C)C#N)C(C)C(C)=O. The van der Waals surface area contributed by atoms with Crippen molar-refractivity contribution < 1.29 is 4.79 Å².